The number of halogens is 2. The predicted octanol–water partition coefficient (Wildman–Crippen LogP) is 1.49. The molecule has 0 unspecified atom stereocenters. The van der Waals surface area contributed by atoms with Crippen molar-refractivity contribution in [1.82, 2.24) is 4.98 Å². The number of aromatic nitrogens is 1. The molecule has 0 saturated heterocycles. The van der Waals surface area contributed by atoms with Crippen molar-refractivity contribution in [3.63, 3.8) is 0 Å². The Balaban J connectivity index is 3.10. The SMILES string of the molecule is CCN(CCO)c1nc(NN)c(Cl)cc1Cl. The maximum Gasteiger partial charge on any atom is 0.161 e. The molecular formula is C9H14Cl2N4O. The van der Waals surface area contributed by atoms with Crippen LogP contribution >= 0.6 is 23.2 Å². The molecule has 0 aromatic carbocycles. The quantitative estimate of drug-likeness (QED) is 0.555. The summed E-state index contributed by atoms with van der Waals surface area (Å²) >= 11 is 11.9. The van der Waals surface area contributed by atoms with E-state index in [2.05, 4.69) is 10.4 Å². The lowest BCUT2D eigenvalue weighted by Gasteiger charge is -2.22. The van der Waals surface area contributed by atoms with Crippen LogP contribution in [0, 0.1) is 0 Å². The van der Waals surface area contributed by atoms with Crippen molar-refractivity contribution in [1.29, 1.82) is 0 Å². The van der Waals surface area contributed by atoms with E-state index in [1.165, 1.54) is 0 Å². The second-order valence-electron chi connectivity index (χ2n) is 3.07. The van der Waals surface area contributed by atoms with E-state index in [0.717, 1.165) is 0 Å². The normalized spacial score (nSPS) is 10.3. The van der Waals surface area contributed by atoms with Gasteiger partial charge in [0, 0.05) is 13.1 Å². The molecule has 1 rings (SSSR count). The Bertz CT molecular complexity index is 362. The summed E-state index contributed by atoms with van der Waals surface area (Å²) < 4.78 is 0. The van der Waals surface area contributed by atoms with E-state index in [9.17, 15) is 0 Å². The van der Waals surface area contributed by atoms with Gasteiger partial charge in [0.25, 0.3) is 0 Å². The minimum Gasteiger partial charge on any atom is -0.395 e. The fraction of sp³-hybridized carbons (Fsp3) is 0.444. The zero-order valence-electron chi connectivity index (χ0n) is 8.87. The van der Waals surface area contributed by atoms with Gasteiger partial charge in [0.1, 0.15) is 5.82 Å². The first kappa shape index (κ1) is 13.3. The minimum atomic E-state index is 0.0276. The number of aliphatic hydroxyl groups excluding tert-OH is 1. The van der Waals surface area contributed by atoms with Crippen LogP contribution in [0.5, 0.6) is 0 Å². The smallest absolute Gasteiger partial charge is 0.161 e. The number of aliphatic hydroxyl groups is 1. The van der Waals surface area contributed by atoms with Crippen LogP contribution < -0.4 is 16.2 Å². The highest BCUT2D eigenvalue weighted by Crippen LogP contribution is 2.30. The van der Waals surface area contributed by atoms with Crippen LogP contribution in [0.1, 0.15) is 6.92 Å². The molecule has 0 amide bonds. The van der Waals surface area contributed by atoms with Crippen molar-refractivity contribution >= 4 is 34.8 Å². The Morgan fingerprint density at radius 3 is 2.69 bits per heavy atom. The van der Waals surface area contributed by atoms with E-state index in [-0.39, 0.29) is 6.61 Å². The Labute approximate surface area is 104 Å². The fourth-order valence-corrected chi connectivity index (χ4v) is 1.85. The molecule has 0 spiro atoms. The van der Waals surface area contributed by atoms with E-state index < -0.39 is 0 Å². The summed E-state index contributed by atoms with van der Waals surface area (Å²) in [5.41, 5.74) is 2.39. The van der Waals surface area contributed by atoms with Crippen molar-refractivity contribution in [2.24, 2.45) is 5.84 Å². The number of nitrogen functional groups attached to an aromatic ring is 1. The Morgan fingerprint density at radius 1 is 1.50 bits per heavy atom. The molecule has 1 aromatic heterocycles. The first-order valence-corrected chi connectivity index (χ1v) is 5.58. The highest BCUT2D eigenvalue weighted by atomic mass is 35.5. The number of anilines is 2. The maximum atomic E-state index is 8.92. The van der Waals surface area contributed by atoms with Crippen LogP contribution in [0.15, 0.2) is 6.07 Å². The van der Waals surface area contributed by atoms with Gasteiger partial charge in [0.05, 0.1) is 16.7 Å². The number of nitrogens with one attached hydrogen (secondary N) is 1. The van der Waals surface area contributed by atoms with Gasteiger partial charge < -0.3 is 15.4 Å². The summed E-state index contributed by atoms with van der Waals surface area (Å²) in [6, 6.07) is 1.57. The van der Waals surface area contributed by atoms with E-state index in [0.29, 0.717) is 34.8 Å². The second-order valence-corrected chi connectivity index (χ2v) is 3.89. The van der Waals surface area contributed by atoms with Crippen LogP contribution in [0.4, 0.5) is 11.6 Å². The molecule has 0 aliphatic heterocycles. The lowest BCUT2D eigenvalue weighted by Crippen LogP contribution is -2.27. The van der Waals surface area contributed by atoms with Crippen LogP contribution in [-0.4, -0.2) is 29.8 Å². The molecule has 1 heterocycles. The highest BCUT2D eigenvalue weighted by Gasteiger charge is 2.13. The number of rotatable bonds is 5. The van der Waals surface area contributed by atoms with Crippen LogP contribution in [-0.2, 0) is 0 Å². The summed E-state index contributed by atoms with van der Waals surface area (Å²) in [5.74, 6) is 6.19. The monoisotopic (exact) mass is 264 g/mol. The van der Waals surface area contributed by atoms with Gasteiger partial charge in [-0.2, -0.15) is 0 Å². The zero-order chi connectivity index (χ0) is 12.1. The average Bonchev–Trinajstić information content (AvgIpc) is 2.27. The largest absolute Gasteiger partial charge is 0.395 e. The number of hydrogen-bond donors (Lipinski definition) is 3. The second kappa shape index (κ2) is 6.10. The summed E-state index contributed by atoms with van der Waals surface area (Å²) in [7, 11) is 0. The zero-order valence-corrected chi connectivity index (χ0v) is 10.4. The first-order chi connectivity index (χ1) is 7.63. The van der Waals surface area contributed by atoms with E-state index in [4.69, 9.17) is 34.2 Å². The predicted molar refractivity (Wildman–Crippen MR) is 67.0 cm³/mol. The Kier molecular flexibility index (Phi) is 5.08. The lowest BCUT2D eigenvalue weighted by molar-refractivity contribution is 0.302. The van der Waals surface area contributed by atoms with Gasteiger partial charge in [-0.25, -0.2) is 10.8 Å². The topological polar surface area (TPSA) is 74.4 Å². The van der Waals surface area contributed by atoms with Gasteiger partial charge in [0.2, 0.25) is 0 Å². The number of nitrogens with two attached hydrogens (primary N) is 1. The Morgan fingerprint density at radius 2 is 2.19 bits per heavy atom. The maximum absolute atomic E-state index is 8.92. The van der Waals surface area contributed by atoms with E-state index in [1.807, 2.05) is 11.8 Å². The molecule has 4 N–H and O–H groups in total. The van der Waals surface area contributed by atoms with Gasteiger partial charge in [-0.05, 0) is 13.0 Å². The third kappa shape index (κ3) is 2.89. The van der Waals surface area contributed by atoms with Crippen molar-refractivity contribution in [2.45, 2.75) is 6.92 Å². The third-order valence-corrected chi connectivity index (χ3v) is 2.67. The molecule has 7 heteroatoms. The van der Waals surface area contributed by atoms with Gasteiger partial charge in [0.15, 0.2) is 5.82 Å². The lowest BCUT2D eigenvalue weighted by atomic mass is 10.4. The minimum absolute atomic E-state index is 0.0276. The molecular weight excluding hydrogens is 251 g/mol. The van der Waals surface area contributed by atoms with Gasteiger partial charge in [-0.15, -0.1) is 0 Å². The first-order valence-electron chi connectivity index (χ1n) is 4.82. The van der Waals surface area contributed by atoms with Gasteiger partial charge in [-0.1, -0.05) is 23.2 Å². The number of likely N-dealkylation sites (N-methyl/N-ethyl adjacent to an activating group) is 1. The molecule has 1 aromatic rings. The van der Waals surface area contributed by atoms with Gasteiger partial charge in [-0.3, -0.25) is 0 Å². The number of pyridine rings is 1. The van der Waals surface area contributed by atoms with Crippen LogP contribution in [0.25, 0.3) is 0 Å². The summed E-state index contributed by atoms with van der Waals surface area (Å²) in [6.45, 7) is 3.10. The van der Waals surface area contributed by atoms with Crippen molar-refractivity contribution in [3.8, 4) is 0 Å². The highest BCUT2D eigenvalue weighted by molar-refractivity contribution is 6.37. The summed E-state index contributed by atoms with van der Waals surface area (Å²) in [4.78, 5) is 6.03. The number of hydrogen-bond acceptors (Lipinski definition) is 5. The summed E-state index contributed by atoms with van der Waals surface area (Å²) in [5, 5.41) is 9.71. The van der Waals surface area contributed by atoms with Crippen LogP contribution in [0.3, 0.4) is 0 Å². The molecule has 0 bridgehead atoms. The molecule has 0 aliphatic rings. The average molecular weight is 265 g/mol. The van der Waals surface area contributed by atoms with Crippen molar-refractivity contribution in [2.75, 3.05) is 30.0 Å². The number of nitrogens with zero attached hydrogens (tertiary/aromatic N) is 2. The standard InChI is InChI=1S/C9H14Cl2N4O/c1-2-15(3-4-16)9-7(11)5-6(10)8(13-9)14-12/h5,16H,2-4,12H2,1H3,(H,13,14). The molecule has 5 nitrogen and oxygen atoms in total. The molecule has 0 fully saturated rings. The molecule has 0 aliphatic carbocycles. The van der Waals surface area contributed by atoms with Gasteiger partial charge >= 0.3 is 0 Å². The van der Waals surface area contributed by atoms with Crippen molar-refractivity contribution in [3.05, 3.63) is 16.1 Å². The molecule has 0 radical (unpaired) electrons. The molecule has 90 valence electrons. The Hall–Kier alpha value is -0.750. The number of hydrazine groups is 1. The molecule has 0 saturated carbocycles. The van der Waals surface area contributed by atoms with Crippen molar-refractivity contribution < 1.29 is 5.11 Å². The van der Waals surface area contributed by atoms with E-state index in [1.54, 1.807) is 6.07 Å². The van der Waals surface area contributed by atoms with E-state index >= 15 is 0 Å². The summed E-state index contributed by atoms with van der Waals surface area (Å²) in [6.07, 6.45) is 0. The fourth-order valence-electron chi connectivity index (χ4n) is 1.31. The third-order valence-electron chi connectivity index (χ3n) is 2.10. The molecule has 16 heavy (non-hydrogen) atoms. The van der Waals surface area contributed by atoms with Crippen LogP contribution in [0.2, 0.25) is 10.0 Å². The molecule has 0 atom stereocenters.